The van der Waals surface area contributed by atoms with Crippen LogP contribution in [-0.4, -0.2) is 75.9 Å². The van der Waals surface area contributed by atoms with Crippen LogP contribution in [-0.2, 0) is 20.0 Å². The number of halogens is 2. The van der Waals surface area contributed by atoms with Crippen molar-refractivity contribution in [1.82, 2.24) is 9.21 Å². The van der Waals surface area contributed by atoms with E-state index in [1.165, 1.54) is 83.0 Å². The summed E-state index contributed by atoms with van der Waals surface area (Å²) in [5.74, 6) is -0.660. The summed E-state index contributed by atoms with van der Waals surface area (Å²) in [6.45, 7) is 3.31. The first-order chi connectivity index (χ1) is 19.7. The summed E-state index contributed by atoms with van der Waals surface area (Å²) in [6.07, 6.45) is -0.700. The summed E-state index contributed by atoms with van der Waals surface area (Å²) >= 11 is 11.8. The monoisotopic (exact) mass is 655 g/mol. The van der Waals surface area contributed by atoms with Gasteiger partial charge in [-0.05, 0) is 73.7 Å². The molecule has 14 heteroatoms. The number of benzene rings is 3. The number of sulfonamides is 2. The Hall–Kier alpha value is -2.87. The zero-order valence-electron chi connectivity index (χ0n) is 23.1. The van der Waals surface area contributed by atoms with Crippen molar-refractivity contribution < 1.29 is 31.5 Å². The SMILES string of the molecule is C[C@H]1CN([C@@H](C)CO)C(=O)c2cc(NS(=O)(=O)c3ccc(Cl)cc3)ccc2O[C@@H]1CN(C)S(=O)(=O)c1ccc(Cl)cc1. The van der Waals surface area contributed by atoms with Crippen molar-refractivity contribution in [3.05, 3.63) is 82.3 Å². The minimum Gasteiger partial charge on any atom is -0.488 e. The highest BCUT2D eigenvalue weighted by atomic mass is 35.5. The van der Waals surface area contributed by atoms with Gasteiger partial charge >= 0.3 is 0 Å². The van der Waals surface area contributed by atoms with Crippen LogP contribution in [0, 0.1) is 5.92 Å². The molecule has 2 N–H and O–H groups in total. The van der Waals surface area contributed by atoms with Crippen molar-refractivity contribution in [2.45, 2.75) is 35.8 Å². The highest BCUT2D eigenvalue weighted by molar-refractivity contribution is 7.92. The van der Waals surface area contributed by atoms with E-state index in [0.29, 0.717) is 10.0 Å². The lowest BCUT2D eigenvalue weighted by Crippen LogP contribution is -2.50. The third-order valence-corrected chi connectivity index (χ3v) is 10.7. The van der Waals surface area contributed by atoms with Gasteiger partial charge in [-0.1, -0.05) is 30.1 Å². The van der Waals surface area contributed by atoms with E-state index in [1.807, 2.05) is 6.92 Å². The molecule has 42 heavy (non-hydrogen) atoms. The van der Waals surface area contributed by atoms with E-state index in [4.69, 9.17) is 27.9 Å². The number of nitrogens with zero attached hydrogens (tertiary/aromatic N) is 2. The van der Waals surface area contributed by atoms with Crippen LogP contribution >= 0.6 is 23.2 Å². The van der Waals surface area contributed by atoms with Crippen LogP contribution < -0.4 is 9.46 Å². The summed E-state index contributed by atoms with van der Waals surface area (Å²) in [6, 6.07) is 15.2. The normalized spacial score (nSPS) is 18.5. The molecule has 0 radical (unpaired) electrons. The second kappa shape index (κ2) is 12.8. The summed E-state index contributed by atoms with van der Waals surface area (Å²) in [7, 11) is -6.45. The molecule has 0 aliphatic carbocycles. The summed E-state index contributed by atoms with van der Waals surface area (Å²) in [5.41, 5.74) is 0.177. The molecular formula is C28H31Cl2N3O7S2. The molecule has 0 unspecified atom stereocenters. The quantitative estimate of drug-likeness (QED) is 0.350. The van der Waals surface area contributed by atoms with Crippen LogP contribution in [0.1, 0.15) is 24.2 Å². The number of fused-ring (bicyclic) bond motifs is 1. The molecule has 0 saturated carbocycles. The first-order valence-electron chi connectivity index (χ1n) is 13.0. The van der Waals surface area contributed by atoms with Gasteiger partial charge in [0.1, 0.15) is 11.9 Å². The molecule has 3 atom stereocenters. The molecule has 3 aromatic carbocycles. The second-order valence-electron chi connectivity index (χ2n) is 10.1. The van der Waals surface area contributed by atoms with E-state index in [-0.39, 0.29) is 52.4 Å². The Balaban J connectivity index is 1.68. The van der Waals surface area contributed by atoms with Crippen molar-refractivity contribution in [1.29, 1.82) is 0 Å². The maximum atomic E-state index is 13.7. The van der Waals surface area contributed by atoms with Gasteiger partial charge in [-0.15, -0.1) is 0 Å². The number of nitrogens with one attached hydrogen (secondary N) is 1. The summed E-state index contributed by atoms with van der Waals surface area (Å²) in [4.78, 5) is 15.2. The molecule has 0 fully saturated rings. The Morgan fingerprint density at radius 1 is 1.00 bits per heavy atom. The molecule has 10 nitrogen and oxygen atoms in total. The number of aliphatic hydroxyl groups is 1. The molecule has 0 aromatic heterocycles. The Kier molecular flexibility index (Phi) is 9.75. The Morgan fingerprint density at radius 2 is 1.57 bits per heavy atom. The zero-order valence-corrected chi connectivity index (χ0v) is 26.2. The number of aliphatic hydroxyl groups excluding tert-OH is 1. The molecule has 0 bridgehead atoms. The fraction of sp³-hybridized carbons (Fsp3) is 0.321. The summed E-state index contributed by atoms with van der Waals surface area (Å²) in [5, 5.41) is 10.7. The smallest absolute Gasteiger partial charge is 0.261 e. The number of rotatable bonds is 9. The van der Waals surface area contributed by atoms with Crippen molar-refractivity contribution in [3.8, 4) is 5.75 Å². The van der Waals surface area contributed by atoms with Crippen LogP contribution in [0.5, 0.6) is 5.75 Å². The molecule has 226 valence electrons. The van der Waals surface area contributed by atoms with E-state index in [1.54, 1.807) is 6.92 Å². The van der Waals surface area contributed by atoms with E-state index in [9.17, 15) is 26.7 Å². The van der Waals surface area contributed by atoms with Crippen molar-refractivity contribution >= 4 is 54.8 Å². The third kappa shape index (κ3) is 7.01. The van der Waals surface area contributed by atoms with E-state index < -0.39 is 38.1 Å². The molecule has 4 rings (SSSR count). The van der Waals surface area contributed by atoms with Crippen LogP contribution in [0.2, 0.25) is 10.0 Å². The van der Waals surface area contributed by atoms with Gasteiger partial charge in [-0.25, -0.2) is 16.8 Å². The zero-order chi connectivity index (χ0) is 30.8. The van der Waals surface area contributed by atoms with Gasteiger partial charge in [-0.2, -0.15) is 4.31 Å². The van der Waals surface area contributed by atoms with Gasteiger partial charge in [0.25, 0.3) is 15.9 Å². The number of carbonyl (C=O) groups excluding carboxylic acids is 1. The molecule has 0 spiro atoms. The average molecular weight is 657 g/mol. The molecule has 1 amide bonds. The van der Waals surface area contributed by atoms with Gasteiger partial charge in [0.15, 0.2) is 0 Å². The molecule has 1 aliphatic heterocycles. The number of amides is 1. The van der Waals surface area contributed by atoms with Crippen molar-refractivity contribution in [3.63, 3.8) is 0 Å². The first-order valence-corrected chi connectivity index (χ1v) is 16.6. The van der Waals surface area contributed by atoms with Gasteiger partial charge in [0.2, 0.25) is 10.0 Å². The van der Waals surface area contributed by atoms with E-state index in [0.717, 1.165) is 0 Å². The number of carbonyl (C=O) groups is 1. The first kappa shape index (κ1) is 32.1. The fourth-order valence-electron chi connectivity index (χ4n) is 4.47. The lowest BCUT2D eigenvalue weighted by atomic mass is 9.99. The minimum atomic E-state index is -4.00. The topological polar surface area (TPSA) is 133 Å². The number of ether oxygens (including phenoxy) is 1. The van der Waals surface area contributed by atoms with E-state index >= 15 is 0 Å². The predicted molar refractivity (Wildman–Crippen MR) is 161 cm³/mol. The van der Waals surface area contributed by atoms with Gasteiger partial charge in [0.05, 0.1) is 34.5 Å². The van der Waals surface area contributed by atoms with Gasteiger partial charge in [0, 0.05) is 35.2 Å². The van der Waals surface area contributed by atoms with Crippen LogP contribution in [0.25, 0.3) is 0 Å². The average Bonchev–Trinajstić information content (AvgIpc) is 2.95. The largest absolute Gasteiger partial charge is 0.488 e. The van der Waals surface area contributed by atoms with Gasteiger partial charge in [-0.3, -0.25) is 9.52 Å². The van der Waals surface area contributed by atoms with Crippen LogP contribution in [0.3, 0.4) is 0 Å². The second-order valence-corrected chi connectivity index (χ2v) is 14.7. The third-order valence-electron chi connectivity index (χ3n) is 7.00. The Bertz CT molecular complexity index is 1650. The van der Waals surface area contributed by atoms with Crippen molar-refractivity contribution in [2.75, 3.05) is 31.5 Å². The molecule has 1 aliphatic rings. The number of hydrogen-bond donors (Lipinski definition) is 2. The molecule has 1 heterocycles. The molecular weight excluding hydrogens is 625 g/mol. The Morgan fingerprint density at radius 3 is 2.14 bits per heavy atom. The molecule has 0 saturated heterocycles. The summed E-state index contributed by atoms with van der Waals surface area (Å²) < 4.78 is 62.4. The van der Waals surface area contributed by atoms with Crippen molar-refractivity contribution in [2.24, 2.45) is 5.92 Å². The Labute approximate surface area is 255 Å². The number of likely N-dealkylation sites (N-methyl/N-ethyl adjacent to an activating group) is 1. The van der Waals surface area contributed by atoms with E-state index in [2.05, 4.69) is 4.72 Å². The lowest BCUT2D eigenvalue weighted by molar-refractivity contribution is 0.0387. The van der Waals surface area contributed by atoms with Gasteiger partial charge < -0.3 is 14.7 Å². The maximum Gasteiger partial charge on any atom is 0.261 e. The fourth-order valence-corrected chi connectivity index (χ4v) is 6.95. The molecule has 3 aromatic rings. The minimum absolute atomic E-state index is 0.0180. The predicted octanol–water partition coefficient (Wildman–Crippen LogP) is 4.34. The lowest BCUT2D eigenvalue weighted by Gasteiger charge is -2.38. The number of anilines is 1. The highest BCUT2D eigenvalue weighted by Crippen LogP contribution is 2.32. The van der Waals surface area contributed by atoms with Crippen LogP contribution in [0.4, 0.5) is 5.69 Å². The number of hydrogen-bond acceptors (Lipinski definition) is 7. The highest BCUT2D eigenvalue weighted by Gasteiger charge is 2.35. The standard InChI is InChI=1S/C28H31Cl2N3O7S2/c1-18-15-33(19(2)17-34)28(35)25-14-22(31-41(36,37)23-9-4-20(29)5-10-23)8-13-26(25)40-27(18)16-32(3)42(38,39)24-11-6-21(30)7-12-24/h4-14,18-19,27,31,34H,15-17H2,1-3H3/t18-,19-,27+/m0/s1. The maximum absolute atomic E-state index is 13.7. The van der Waals surface area contributed by atoms with Crippen LogP contribution in [0.15, 0.2) is 76.5 Å².